The number of fused-ring (bicyclic) bond motifs is 1. The van der Waals surface area contributed by atoms with E-state index in [1.807, 2.05) is 18.2 Å². The summed E-state index contributed by atoms with van der Waals surface area (Å²) in [7, 11) is 0. The normalized spacial score (nSPS) is 14.1. The van der Waals surface area contributed by atoms with Crippen molar-refractivity contribution in [1.29, 1.82) is 0 Å². The van der Waals surface area contributed by atoms with E-state index >= 15 is 0 Å². The summed E-state index contributed by atoms with van der Waals surface area (Å²) < 4.78 is 0. The summed E-state index contributed by atoms with van der Waals surface area (Å²) in [6.45, 7) is 0. The van der Waals surface area contributed by atoms with E-state index in [1.165, 1.54) is 0 Å². The van der Waals surface area contributed by atoms with Gasteiger partial charge in [0.05, 0.1) is 12.1 Å². The molecule has 4 heteroatoms. The first-order valence-electron chi connectivity index (χ1n) is 3.96. The number of amides is 1. The predicted molar refractivity (Wildman–Crippen MR) is 50.6 cm³/mol. The zero-order chi connectivity index (χ0) is 9.26. The van der Waals surface area contributed by atoms with Crippen molar-refractivity contribution in [2.24, 2.45) is 10.8 Å². The molecule has 4 nitrogen and oxygen atoms in total. The van der Waals surface area contributed by atoms with Crippen LogP contribution in [0.2, 0.25) is 0 Å². The summed E-state index contributed by atoms with van der Waals surface area (Å²) in [5.74, 6) is 5.20. The fraction of sp³-hybridized carbons (Fsp3) is 0.111. The molecule has 1 heterocycles. The SMILES string of the molecule is NNc1cccc2c1C=NC(=O)C2. The van der Waals surface area contributed by atoms with Crippen LogP contribution in [-0.4, -0.2) is 12.1 Å². The van der Waals surface area contributed by atoms with Gasteiger partial charge in [0.1, 0.15) is 0 Å². The molecule has 0 fully saturated rings. The van der Waals surface area contributed by atoms with Crippen molar-refractivity contribution in [2.45, 2.75) is 6.42 Å². The molecule has 0 saturated carbocycles. The van der Waals surface area contributed by atoms with Crippen molar-refractivity contribution < 1.29 is 4.79 Å². The standard InChI is InChI=1S/C9H9N3O/c10-12-8-3-1-2-6-4-9(13)11-5-7(6)8/h1-3,5,12H,4,10H2. The lowest BCUT2D eigenvalue weighted by molar-refractivity contribution is -0.117. The van der Waals surface area contributed by atoms with E-state index in [2.05, 4.69) is 10.4 Å². The number of anilines is 1. The van der Waals surface area contributed by atoms with Crippen molar-refractivity contribution >= 4 is 17.8 Å². The highest BCUT2D eigenvalue weighted by molar-refractivity contribution is 6.01. The average Bonchev–Trinajstić information content (AvgIpc) is 2.16. The van der Waals surface area contributed by atoms with E-state index in [-0.39, 0.29) is 5.91 Å². The van der Waals surface area contributed by atoms with E-state index in [4.69, 9.17) is 5.84 Å². The molecular weight excluding hydrogens is 166 g/mol. The van der Waals surface area contributed by atoms with Gasteiger partial charge in [0.15, 0.2) is 0 Å². The number of hydrazine groups is 1. The fourth-order valence-electron chi connectivity index (χ4n) is 1.39. The van der Waals surface area contributed by atoms with Gasteiger partial charge in [-0.1, -0.05) is 12.1 Å². The Bertz CT molecular complexity index is 384. The van der Waals surface area contributed by atoms with Gasteiger partial charge in [-0.3, -0.25) is 10.6 Å². The molecule has 13 heavy (non-hydrogen) atoms. The Balaban J connectivity index is 2.55. The zero-order valence-corrected chi connectivity index (χ0v) is 6.95. The number of hydrogen-bond donors (Lipinski definition) is 2. The minimum Gasteiger partial charge on any atom is -0.323 e. The molecule has 0 aliphatic carbocycles. The van der Waals surface area contributed by atoms with E-state index in [9.17, 15) is 4.79 Å². The lowest BCUT2D eigenvalue weighted by atomic mass is 10.0. The van der Waals surface area contributed by atoms with Crippen molar-refractivity contribution in [2.75, 3.05) is 5.43 Å². The zero-order valence-electron chi connectivity index (χ0n) is 6.95. The van der Waals surface area contributed by atoms with Crippen molar-refractivity contribution in [1.82, 2.24) is 0 Å². The highest BCUT2D eigenvalue weighted by atomic mass is 16.1. The number of carbonyl (C=O) groups is 1. The van der Waals surface area contributed by atoms with Gasteiger partial charge in [-0.15, -0.1) is 0 Å². The number of rotatable bonds is 1. The number of benzene rings is 1. The molecule has 0 bridgehead atoms. The third-order valence-electron chi connectivity index (χ3n) is 2.03. The number of nitrogen functional groups attached to an aromatic ring is 1. The van der Waals surface area contributed by atoms with Gasteiger partial charge in [0, 0.05) is 11.8 Å². The van der Waals surface area contributed by atoms with Crippen LogP contribution < -0.4 is 11.3 Å². The number of hydrogen-bond acceptors (Lipinski definition) is 3. The summed E-state index contributed by atoms with van der Waals surface area (Å²) in [6, 6.07) is 5.61. The summed E-state index contributed by atoms with van der Waals surface area (Å²) in [4.78, 5) is 14.7. The average molecular weight is 175 g/mol. The van der Waals surface area contributed by atoms with Gasteiger partial charge in [-0.05, 0) is 11.6 Å². The minimum atomic E-state index is -0.110. The van der Waals surface area contributed by atoms with E-state index in [0.29, 0.717) is 6.42 Å². The molecule has 1 aromatic rings. The molecule has 0 radical (unpaired) electrons. The Hall–Kier alpha value is -1.68. The largest absolute Gasteiger partial charge is 0.323 e. The fourth-order valence-corrected chi connectivity index (χ4v) is 1.39. The second kappa shape index (κ2) is 2.99. The second-order valence-electron chi connectivity index (χ2n) is 2.85. The topological polar surface area (TPSA) is 67.5 Å². The lowest BCUT2D eigenvalue weighted by Crippen LogP contribution is -2.14. The van der Waals surface area contributed by atoms with E-state index in [0.717, 1.165) is 16.8 Å². The Labute approximate surface area is 75.4 Å². The van der Waals surface area contributed by atoms with Gasteiger partial charge in [-0.2, -0.15) is 0 Å². The second-order valence-corrected chi connectivity index (χ2v) is 2.85. The first-order chi connectivity index (χ1) is 6.31. The number of nitrogens with zero attached hydrogens (tertiary/aromatic N) is 1. The van der Waals surface area contributed by atoms with Crippen LogP contribution in [0, 0.1) is 0 Å². The molecule has 1 amide bonds. The molecule has 0 spiro atoms. The highest BCUT2D eigenvalue weighted by Crippen LogP contribution is 2.20. The molecule has 66 valence electrons. The van der Waals surface area contributed by atoms with Gasteiger partial charge < -0.3 is 5.43 Å². The third kappa shape index (κ3) is 1.31. The molecule has 1 aliphatic rings. The summed E-state index contributed by atoms with van der Waals surface area (Å²) in [6.07, 6.45) is 1.91. The Morgan fingerprint density at radius 3 is 3.08 bits per heavy atom. The van der Waals surface area contributed by atoms with Crippen molar-refractivity contribution in [3.8, 4) is 0 Å². The lowest BCUT2D eigenvalue weighted by Gasteiger charge is -2.12. The van der Waals surface area contributed by atoms with Crippen LogP contribution in [-0.2, 0) is 11.2 Å². The van der Waals surface area contributed by atoms with Crippen molar-refractivity contribution in [3.05, 3.63) is 29.3 Å². The Morgan fingerprint density at radius 1 is 1.46 bits per heavy atom. The van der Waals surface area contributed by atoms with Crippen LogP contribution in [0.4, 0.5) is 5.69 Å². The van der Waals surface area contributed by atoms with Crippen LogP contribution in [0.15, 0.2) is 23.2 Å². The van der Waals surface area contributed by atoms with E-state index in [1.54, 1.807) is 6.21 Å². The number of nitrogens with one attached hydrogen (secondary N) is 1. The molecule has 0 saturated heterocycles. The third-order valence-corrected chi connectivity index (χ3v) is 2.03. The smallest absolute Gasteiger partial charge is 0.250 e. The molecule has 1 aliphatic heterocycles. The van der Waals surface area contributed by atoms with Crippen LogP contribution in [0.1, 0.15) is 11.1 Å². The molecular formula is C9H9N3O. The van der Waals surface area contributed by atoms with Crippen LogP contribution >= 0.6 is 0 Å². The molecule has 1 aromatic carbocycles. The molecule has 0 atom stereocenters. The van der Waals surface area contributed by atoms with Crippen LogP contribution in [0.5, 0.6) is 0 Å². The van der Waals surface area contributed by atoms with Gasteiger partial charge in [0.25, 0.3) is 0 Å². The minimum absolute atomic E-state index is 0.110. The Morgan fingerprint density at radius 2 is 2.31 bits per heavy atom. The van der Waals surface area contributed by atoms with Crippen LogP contribution in [0.25, 0.3) is 0 Å². The van der Waals surface area contributed by atoms with Gasteiger partial charge >= 0.3 is 0 Å². The van der Waals surface area contributed by atoms with Crippen molar-refractivity contribution in [3.63, 3.8) is 0 Å². The maximum absolute atomic E-state index is 11.0. The summed E-state index contributed by atoms with van der Waals surface area (Å²) in [5, 5.41) is 0. The monoisotopic (exact) mass is 175 g/mol. The highest BCUT2D eigenvalue weighted by Gasteiger charge is 2.13. The van der Waals surface area contributed by atoms with Crippen LogP contribution in [0.3, 0.4) is 0 Å². The maximum Gasteiger partial charge on any atom is 0.250 e. The molecule has 0 unspecified atom stereocenters. The van der Waals surface area contributed by atoms with Gasteiger partial charge in [-0.25, -0.2) is 4.99 Å². The molecule has 3 N–H and O–H groups in total. The first kappa shape index (κ1) is 7.94. The molecule has 0 aromatic heterocycles. The summed E-state index contributed by atoms with van der Waals surface area (Å²) >= 11 is 0. The molecule has 2 rings (SSSR count). The van der Waals surface area contributed by atoms with E-state index < -0.39 is 0 Å². The van der Waals surface area contributed by atoms with Gasteiger partial charge in [0.2, 0.25) is 5.91 Å². The predicted octanol–water partition coefficient (Wildman–Crippen LogP) is 0.474. The maximum atomic E-state index is 11.0. The summed E-state index contributed by atoms with van der Waals surface area (Å²) in [5.41, 5.74) is 5.24. The Kier molecular flexibility index (Phi) is 1.83. The number of carbonyl (C=O) groups excluding carboxylic acids is 1. The quantitative estimate of drug-likeness (QED) is 0.481. The first-order valence-corrected chi connectivity index (χ1v) is 3.96. The number of aliphatic imine (C=N–C) groups is 1. The number of nitrogens with two attached hydrogens (primary N) is 1.